The Morgan fingerprint density at radius 3 is 2.50 bits per heavy atom. The molecule has 0 amide bonds. The quantitative estimate of drug-likeness (QED) is 0.919. The Bertz CT molecular complexity index is 526. The van der Waals surface area contributed by atoms with Crippen molar-refractivity contribution in [2.24, 2.45) is 5.73 Å². The monoisotopic (exact) mass is 263 g/mol. The van der Waals surface area contributed by atoms with E-state index in [1.165, 1.54) is 5.56 Å². The van der Waals surface area contributed by atoms with Crippen LogP contribution in [-0.4, -0.2) is 7.11 Å². The summed E-state index contributed by atoms with van der Waals surface area (Å²) < 4.78 is 5.38. The summed E-state index contributed by atoms with van der Waals surface area (Å²) >= 11 is 0. The van der Waals surface area contributed by atoms with Gasteiger partial charge in [0.2, 0.25) is 0 Å². The molecule has 2 N–H and O–H groups in total. The minimum atomic E-state index is 0. The van der Waals surface area contributed by atoms with E-state index in [1.54, 1.807) is 7.11 Å². The fourth-order valence-corrected chi connectivity index (χ4v) is 2.02. The predicted molar refractivity (Wildman–Crippen MR) is 78.3 cm³/mol. The molecule has 2 aromatic carbocycles. The first kappa shape index (κ1) is 14.6. The lowest BCUT2D eigenvalue weighted by Crippen LogP contribution is -1.97. The largest absolute Gasteiger partial charge is 0.496 e. The second-order valence-corrected chi connectivity index (χ2v) is 4.11. The van der Waals surface area contributed by atoms with Gasteiger partial charge in [0.15, 0.2) is 0 Å². The molecule has 0 saturated carbocycles. The van der Waals surface area contributed by atoms with Crippen molar-refractivity contribution >= 4 is 12.4 Å². The molecular weight excluding hydrogens is 246 g/mol. The number of hydrogen-bond donors (Lipinski definition) is 1. The molecule has 2 rings (SSSR count). The molecule has 0 saturated heterocycles. The van der Waals surface area contributed by atoms with Crippen molar-refractivity contribution in [2.45, 2.75) is 13.5 Å². The number of ether oxygens (including phenoxy) is 1. The molecule has 2 nitrogen and oxygen atoms in total. The van der Waals surface area contributed by atoms with E-state index in [0.717, 1.165) is 22.4 Å². The van der Waals surface area contributed by atoms with Crippen LogP contribution in [0.5, 0.6) is 5.75 Å². The summed E-state index contributed by atoms with van der Waals surface area (Å²) in [5, 5.41) is 0. The van der Waals surface area contributed by atoms with Crippen LogP contribution in [0, 0.1) is 6.92 Å². The van der Waals surface area contributed by atoms with Crippen LogP contribution in [0.4, 0.5) is 0 Å². The van der Waals surface area contributed by atoms with E-state index in [9.17, 15) is 0 Å². The summed E-state index contributed by atoms with van der Waals surface area (Å²) in [5.41, 5.74) is 10.3. The molecule has 0 aliphatic carbocycles. The van der Waals surface area contributed by atoms with Crippen molar-refractivity contribution in [2.75, 3.05) is 7.11 Å². The van der Waals surface area contributed by atoms with Gasteiger partial charge in [-0.1, -0.05) is 35.9 Å². The highest BCUT2D eigenvalue weighted by Crippen LogP contribution is 2.30. The number of rotatable bonds is 3. The maximum absolute atomic E-state index is 5.70. The lowest BCUT2D eigenvalue weighted by atomic mass is 9.99. The van der Waals surface area contributed by atoms with Crippen molar-refractivity contribution in [3.8, 4) is 16.9 Å². The molecule has 0 atom stereocenters. The number of methoxy groups -OCH3 is 1. The molecule has 0 aliphatic rings. The Hall–Kier alpha value is -1.51. The van der Waals surface area contributed by atoms with Crippen molar-refractivity contribution in [1.29, 1.82) is 0 Å². The fourth-order valence-electron chi connectivity index (χ4n) is 2.02. The average Bonchev–Trinajstić information content (AvgIpc) is 2.37. The van der Waals surface area contributed by atoms with Crippen molar-refractivity contribution in [3.05, 3.63) is 53.6 Å². The third-order valence-corrected chi connectivity index (χ3v) is 2.79. The van der Waals surface area contributed by atoms with Crippen LogP contribution in [0.3, 0.4) is 0 Å². The van der Waals surface area contributed by atoms with Gasteiger partial charge < -0.3 is 10.5 Å². The molecular formula is C15H18ClNO. The lowest BCUT2D eigenvalue weighted by molar-refractivity contribution is 0.416. The average molecular weight is 264 g/mol. The highest BCUT2D eigenvalue weighted by molar-refractivity contribution is 5.85. The van der Waals surface area contributed by atoms with E-state index < -0.39 is 0 Å². The topological polar surface area (TPSA) is 35.2 Å². The number of benzene rings is 2. The van der Waals surface area contributed by atoms with Gasteiger partial charge in [-0.15, -0.1) is 12.4 Å². The molecule has 0 aromatic heterocycles. The van der Waals surface area contributed by atoms with Crippen LogP contribution in [0.15, 0.2) is 42.5 Å². The second-order valence-electron chi connectivity index (χ2n) is 4.11. The van der Waals surface area contributed by atoms with Gasteiger partial charge in [-0.25, -0.2) is 0 Å². The van der Waals surface area contributed by atoms with Gasteiger partial charge in [0.25, 0.3) is 0 Å². The summed E-state index contributed by atoms with van der Waals surface area (Å²) in [7, 11) is 1.69. The molecule has 0 aliphatic heterocycles. The van der Waals surface area contributed by atoms with Gasteiger partial charge in [0.1, 0.15) is 5.75 Å². The molecule has 2 aromatic rings. The summed E-state index contributed by atoms with van der Waals surface area (Å²) in [6.45, 7) is 2.64. The SMILES string of the molecule is COc1ccccc1-c1cc(C)cc(CN)c1.Cl. The van der Waals surface area contributed by atoms with E-state index in [4.69, 9.17) is 10.5 Å². The maximum atomic E-state index is 5.70. The van der Waals surface area contributed by atoms with Crippen LogP contribution in [0.25, 0.3) is 11.1 Å². The Labute approximate surface area is 114 Å². The van der Waals surface area contributed by atoms with E-state index in [2.05, 4.69) is 31.2 Å². The van der Waals surface area contributed by atoms with Crippen molar-refractivity contribution in [3.63, 3.8) is 0 Å². The van der Waals surface area contributed by atoms with Gasteiger partial charge in [-0.05, 0) is 30.2 Å². The number of hydrogen-bond acceptors (Lipinski definition) is 2. The van der Waals surface area contributed by atoms with Gasteiger partial charge >= 0.3 is 0 Å². The first-order valence-electron chi connectivity index (χ1n) is 5.68. The van der Waals surface area contributed by atoms with Crippen LogP contribution in [0.1, 0.15) is 11.1 Å². The van der Waals surface area contributed by atoms with Gasteiger partial charge in [-0.3, -0.25) is 0 Å². The lowest BCUT2D eigenvalue weighted by Gasteiger charge is -2.10. The van der Waals surface area contributed by atoms with E-state index >= 15 is 0 Å². The summed E-state index contributed by atoms with van der Waals surface area (Å²) in [4.78, 5) is 0. The number of aryl methyl sites for hydroxylation is 1. The normalized spacial score (nSPS) is 9.72. The van der Waals surface area contributed by atoms with E-state index in [1.807, 2.05) is 18.2 Å². The van der Waals surface area contributed by atoms with Gasteiger partial charge in [0.05, 0.1) is 7.11 Å². The van der Waals surface area contributed by atoms with Crippen LogP contribution in [0.2, 0.25) is 0 Å². The summed E-state index contributed by atoms with van der Waals surface area (Å²) in [5.74, 6) is 0.890. The predicted octanol–water partition coefficient (Wildman–Crippen LogP) is 3.55. The highest BCUT2D eigenvalue weighted by atomic mass is 35.5. The van der Waals surface area contributed by atoms with E-state index in [-0.39, 0.29) is 12.4 Å². The molecule has 0 radical (unpaired) electrons. The molecule has 18 heavy (non-hydrogen) atoms. The third-order valence-electron chi connectivity index (χ3n) is 2.79. The maximum Gasteiger partial charge on any atom is 0.126 e. The molecule has 96 valence electrons. The molecule has 0 spiro atoms. The van der Waals surface area contributed by atoms with Crippen LogP contribution >= 0.6 is 12.4 Å². The second kappa shape index (κ2) is 6.43. The molecule has 0 bridgehead atoms. The zero-order valence-electron chi connectivity index (χ0n) is 10.6. The van der Waals surface area contributed by atoms with Crippen LogP contribution in [-0.2, 0) is 6.54 Å². The minimum absolute atomic E-state index is 0. The standard InChI is InChI=1S/C15H17NO.ClH/c1-11-7-12(10-16)9-13(8-11)14-5-3-4-6-15(14)17-2;/h3-9H,10,16H2,1-2H3;1H. The molecule has 0 heterocycles. The van der Waals surface area contributed by atoms with Crippen molar-refractivity contribution < 1.29 is 4.74 Å². The zero-order chi connectivity index (χ0) is 12.3. The highest BCUT2D eigenvalue weighted by Gasteiger charge is 2.06. The minimum Gasteiger partial charge on any atom is -0.496 e. The van der Waals surface area contributed by atoms with Crippen molar-refractivity contribution in [1.82, 2.24) is 0 Å². The van der Waals surface area contributed by atoms with E-state index in [0.29, 0.717) is 6.54 Å². The van der Waals surface area contributed by atoms with Gasteiger partial charge in [-0.2, -0.15) is 0 Å². The first-order valence-corrected chi connectivity index (χ1v) is 5.68. The Morgan fingerprint density at radius 1 is 1.11 bits per heavy atom. The molecule has 3 heteroatoms. The summed E-state index contributed by atoms with van der Waals surface area (Å²) in [6, 6.07) is 14.4. The first-order chi connectivity index (χ1) is 8.24. The number of para-hydroxylation sites is 1. The third kappa shape index (κ3) is 3.03. The zero-order valence-corrected chi connectivity index (χ0v) is 11.5. The number of nitrogens with two attached hydrogens (primary N) is 1. The fraction of sp³-hybridized carbons (Fsp3) is 0.200. The molecule has 0 fully saturated rings. The van der Waals surface area contributed by atoms with Crippen LogP contribution < -0.4 is 10.5 Å². The molecule has 0 unspecified atom stereocenters. The smallest absolute Gasteiger partial charge is 0.126 e. The summed E-state index contributed by atoms with van der Waals surface area (Å²) in [6.07, 6.45) is 0. The Balaban J connectivity index is 0.00000162. The Morgan fingerprint density at radius 2 is 1.83 bits per heavy atom. The number of halogens is 1. The van der Waals surface area contributed by atoms with Gasteiger partial charge in [0, 0.05) is 12.1 Å². The Kier molecular flexibility index (Phi) is 5.20.